The second kappa shape index (κ2) is 12.2. The maximum absolute atomic E-state index is 6.33. The van der Waals surface area contributed by atoms with Crippen LogP contribution < -0.4 is 0 Å². The fourth-order valence-corrected chi connectivity index (χ4v) is 9.14. The molecule has 13 rings (SSSR count). The van der Waals surface area contributed by atoms with Crippen molar-refractivity contribution in [2.75, 3.05) is 0 Å². The van der Waals surface area contributed by atoms with Crippen LogP contribution >= 0.6 is 0 Å². The highest BCUT2D eigenvalue weighted by molar-refractivity contribution is 6.20. The zero-order valence-corrected chi connectivity index (χ0v) is 31.3. The number of hydrogen-bond donors (Lipinski definition) is 0. The van der Waals surface area contributed by atoms with E-state index >= 15 is 0 Å². The Morgan fingerprint density at radius 1 is 0.271 bits per heavy atom. The van der Waals surface area contributed by atoms with Gasteiger partial charge in [-0.05, 0) is 75.1 Å². The molecule has 274 valence electrons. The van der Waals surface area contributed by atoms with Crippen molar-refractivity contribution in [3.05, 3.63) is 176 Å². The molecule has 0 aliphatic rings. The van der Waals surface area contributed by atoms with Crippen LogP contribution in [0.3, 0.4) is 0 Å². The predicted molar refractivity (Wildman–Crippen MR) is 238 cm³/mol. The van der Waals surface area contributed by atoms with Crippen molar-refractivity contribution in [3.8, 4) is 45.3 Å². The van der Waals surface area contributed by atoms with E-state index in [-0.39, 0.29) is 0 Å². The molecule has 0 aliphatic heterocycles. The first-order chi connectivity index (χ1) is 29.2. The first kappa shape index (κ1) is 32.0. The van der Waals surface area contributed by atoms with Gasteiger partial charge in [0, 0.05) is 49.0 Å². The summed E-state index contributed by atoms with van der Waals surface area (Å²) in [6.45, 7) is 0. The molecule has 0 unspecified atom stereocenters. The summed E-state index contributed by atoms with van der Waals surface area (Å²) in [6.07, 6.45) is 0. The van der Waals surface area contributed by atoms with Gasteiger partial charge in [0.1, 0.15) is 33.5 Å². The lowest BCUT2D eigenvalue weighted by atomic mass is 9.93. The van der Waals surface area contributed by atoms with E-state index in [1.165, 1.54) is 0 Å². The van der Waals surface area contributed by atoms with E-state index in [9.17, 15) is 0 Å². The van der Waals surface area contributed by atoms with E-state index in [4.69, 9.17) is 28.2 Å². The summed E-state index contributed by atoms with van der Waals surface area (Å²) in [5.41, 5.74) is 9.98. The van der Waals surface area contributed by atoms with Crippen molar-refractivity contribution in [1.29, 1.82) is 0 Å². The highest BCUT2D eigenvalue weighted by Crippen LogP contribution is 2.42. The lowest BCUT2D eigenvalue weighted by Gasteiger charge is -2.13. The van der Waals surface area contributed by atoms with Gasteiger partial charge in [0.15, 0.2) is 17.5 Å². The van der Waals surface area contributed by atoms with Crippen molar-refractivity contribution >= 4 is 87.4 Å². The molecule has 6 nitrogen and oxygen atoms in total. The molecule has 13 aromatic rings. The topological polar surface area (TPSA) is 78.1 Å². The molecule has 9 aromatic carbocycles. The molecule has 0 N–H and O–H groups in total. The Bertz CT molecular complexity index is 3870. The van der Waals surface area contributed by atoms with Crippen molar-refractivity contribution in [2.45, 2.75) is 0 Å². The minimum Gasteiger partial charge on any atom is -0.456 e. The minimum atomic E-state index is 0.571. The van der Waals surface area contributed by atoms with Gasteiger partial charge in [-0.3, -0.25) is 0 Å². The molecule has 0 atom stereocenters. The molecule has 4 aromatic heterocycles. The van der Waals surface area contributed by atoms with Gasteiger partial charge in [0.05, 0.1) is 0 Å². The Hall–Kier alpha value is -8.09. The normalized spacial score (nSPS) is 12.1. The summed E-state index contributed by atoms with van der Waals surface area (Å²) in [4.78, 5) is 15.9. The summed E-state index contributed by atoms with van der Waals surface area (Å²) in [5.74, 6) is 1.74. The third-order valence-electron chi connectivity index (χ3n) is 11.8. The number of nitrogens with zero attached hydrogens (tertiary/aromatic N) is 3. The standard InChI is InChI=1S/C53H29N3O3/c1-4-20-42-38(11-1)48-32-27-25-31(29-30(32)26-28-47(48)59-42)51-54-52(56-53(55-51)41-19-10-24-46-50(41)40-13-3-6-22-44(40)58-46)37-18-8-14-33-34(15-7-16-35(33)37)36-17-9-23-45-49(36)39-12-2-5-21-43(39)57-45/h1-29H. The molecule has 0 radical (unpaired) electrons. The molecule has 0 aliphatic carbocycles. The van der Waals surface area contributed by atoms with Crippen molar-refractivity contribution in [2.24, 2.45) is 0 Å². The van der Waals surface area contributed by atoms with Crippen LogP contribution in [-0.2, 0) is 0 Å². The molecule has 59 heavy (non-hydrogen) atoms. The third kappa shape index (κ3) is 4.77. The fraction of sp³-hybridized carbons (Fsp3) is 0. The molecule has 0 amide bonds. The minimum absolute atomic E-state index is 0.571. The van der Waals surface area contributed by atoms with E-state index in [0.29, 0.717) is 17.5 Å². The van der Waals surface area contributed by atoms with Gasteiger partial charge in [-0.25, -0.2) is 15.0 Å². The summed E-state index contributed by atoms with van der Waals surface area (Å²) in [6, 6.07) is 60.4. The van der Waals surface area contributed by atoms with Crippen molar-refractivity contribution in [3.63, 3.8) is 0 Å². The van der Waals surface area contributed by atoms with Gasteiger partial charge in [0.2, 0.25) is 0 Å². The molecule has 6 heteroatoms. The highest BCUT2D eigenvalue weighted by Gasteiger charge is 2.21. The Balaban J connectivity index is 1.06. The van der Waals surface area contributed by atoms with Crippen molar-refractivity contribution < 1.29 is 13.3 Å². The number of fused-ring (bicyclic) bond motifs is 12. The van der Waals surface area contributed by atoms with Crippen LogP contribution in [0, 0.1) is 0 Å². The Labute approximate surface area is 335 Å². The first-order valence-electron chi connectivity index (χ1n) is 19.7. The molecular formula is C53H29N3O3. The second-order valence-electron chi connectivity index (χ2n) is 15.0. The summed E-state index contributed by atoms with van der Waals surface area (Å²) >= 11 is 0. The van der Waals surface area contributed by atoms with Gasteiger partial charge in [-0.1, -0.05) is 133 Å². The molecular weight excluding hydrogens is 727 g/mol. The van der Waals surface area contributed by atoms with E-state index in [2.05, 4.69) is 115 Å². The largest absolute Gasteiger partial charge is 0.456 e. The van der Waals surface area contributed by atoms with E-state index in [1.807, 2.05) is 60.7 Å². The van der Waals surface area contributed by atoms with Gasteiger partial charge < -0.3 is 13.3 Å². The Morgan fingerprint density at radius 2 is 0.729 bits per heavy atom. The summed E-state index contributed by atoms with van der Waals surface area (Å²) in [7, 11) is 0. The van der Waals surface area contributed by atoms with Crippen LogP contribution in [-0.4, -0.2) is 15.0 Å². The van der Waals surface area contributed by atoms with Gasteiger partial charge in [0.25, 0.3) is 0 Å². The SMILES string of the molecule is c1ccc2c(c1)oc1cccc(-c3nc(-c4ccc5c(ccc6oc7ccccc7c65)c4)nc(-c4cccc5c(-c6cccc7oc8ccccc8c67)cccc45)n3)c12. The number of aromatic nitrogens is 3. The Morgan fingerprint density at radius 3 is 1.41 bits per heavy atom. The molecule has 0 bridgehead atoms. The van der Waals surface area contributed by atoms with Gasteiger partial charge >= 0.3 is 0 Å². The number of rotatable bonds is 4. The van der Waals surface area contributed by atoms with E-state index < -0.39 is 0 Å². The molecule has 0 saturated heterocycles. The molecule has 0 saturated carbocycles. The van der Waals surface area contributed by atoms with E-state index in [1.54, 1.807) is 0 Å². The molecule has 4 heterocycles. The van der Waals surface area contributed by atoms with E-state index in [0.717, 1.165) is 115 Å². The van der Waals surface area contributed by atoms with Crippen LogP contribution in [0.4, 0.5) is 0 Å². The monoisotopic (exact) mass is 755 g/mol. The lowest BCUT2D eigenvalue weighted by Crippen LogP contribution is -2.01. The van der Waals surface area contributed by atoms with Crippen LogP contribution in [0.2, 0.25) is 0 Å². The van der Waals surface area contributed by atoms with Gasteiger partial charge in [-0.15, -0.1) is 0 Å². The summed E-state index contributed by atoms with van der Waals surface area (Å²) < 4.78 is 18.9. The number of furan rings is 3. The Kier molecular flexibility index (Phi) is 6.63. The van der Waals surface area contributed by atoms with Crippen LogP contribution in [0.25, 0.3) is 133 Å². The first-order valence-corrected chi connectivity index (χ1v) is 19.7. The van der Waals surface area contributed by atoms with Gasteiger partial charge in [-0.2, -0.15) is 0 Å². The maximum Gasteiger partial charge on any atom is 0.164 e. The number of hydrogen-bond acceptors (Lipinski definition) is 6. The lowest BCUT2D eigenvalue weighted by molar-refractivity contribution is 0.668. The fourth-order valence-electron chi connectivity index (χ4n) is 9.14. The van der Waals surface area contributed by atoms with Crippen molar-refractivity contribution in [1.82, 2.24) is 15.0 Å². The van der Waals surface area contributed by atoms with Crippen LogP contribution in [0.1, 0.15) is 0 Å². The average molecular weight is 756 g/mol. The highest BCUT2D eigenvalue weighted by atomic mass is 16.3. The predicted octanol–water partition coefficient (Wildman–Crippen LogP) is 14.5. The molecule has 0 fully saturated rings. The summed E-state index contributed by atoms with van der Waals surface area (Å²) in [5, 5.41) is 10.7. The van der Waals surface area contributed by atoms with Crippen LogP contribution in [0.5, 0.6) is 0 Å². The zero-order chi connectivity index (χ0) is 38.6. The second-order valence-corrected chi connectivity index (χ2v) is 15.0. The maximum atomic E-state index is 6.33. The number of benzene rings is 9. The quantitative estimate of drug-likeness (QED) is 0.178. The number of para-hydroxylation sites is 3. The zero-order valence-electron chi connectivity index (χ0n) is 31.3. The smallest absolute Gasteiger partial charge is 0.164 e. The molecule has 0 spiro atoms. The van der Waals surface area contributed by atoms with Crippen LogP contribution in [0.15, 0.2) is 189 Å². The average Bonchev–Trinajstić information content (AvgIpc) is 4.00. The third-order valence-corrected chi connectivity index (χ3v) is 11.8.